The molecule has 0 aromatic heterocycles. The number of hydrogen-bond donors (Lipinski definition) is 1. The van der Waals surface area contributed by atoms with Crippen molar-refractivity contribution in [3.8, 4) is 0 Å². The van der Waals surface area contributed by atoms with Gasteiger partial charge in [-0.1, -0.05) is 20.8 Å². The molecule has 2 amide bonds. The van der Waals surface area contributed by atoms with Crippen molar-refractivity contribution < 1.29 is 9.59 Å². The van der Waals surface area contributed by atoms with Crippen LogP contribution in [0.15, 0.2) is 0 Å². The summed E-state index contributed by atoms with van der Waals surface area (Å²) in [4.78, 5) is 25.1. The van der Waals surface area contributed by atoms with Gasteiger partial charge in [-0.05, 0) is 19.8 Å². The predicted octanol–water partition coefficient (Wildman–Crippen LogP) is 0.899. The van der Waals surface area contributed by atoms with Gasteiger partial charge in [-0.2, -0.15) is 0 Å². The van der Waals surface area contributed by atoms with Crippen molar-refractivity contribution in [2.24, 2.45) is 11.1 Å². The lowest BCUT2D eigenvalue weighted by molar-refractivity contribution is -0.148. The van der Waals surface area contributed by atoms with Gasteiger partial charge in [0.25, 0.3) is 0 Å². The molecule has 4 heteroatoms. The van der Waals surface area contributed by atoms with Crippen molar-refractivity contribution >= 4 is 11.8 Å². The Bertz CT molecular complexity index is 293. The molecule has 0 aromatic carbocycles. The Morgan fingerprint density at radius 1 is 1.33 bits per heavy atom. The summed E-state index contributed by atoms with van der Waals surface area (Å²) in [6.07, 6.45) is 1.52. The highest BCUT2D eigenvalue weighted by Gasteiger charge is 2.46. The van der Waals surface area contributed by atoms with E-state index in [4.69, 9.17) is 5.73 Å². The van der Waals surface area contributed by atoms with E-state index in [2.05, 4.69) is 0 Å². The third-order valence-corrected chi connectivity index (χ3v) is 3.06. The van der Waals surface area contributed by atoms with Gasteiger partial charge in [-0.15, -0.1) is 0 Å². The van der Waals surface area contributed by atoms with Gasteiger partial charge in [0.1, 0.15) is 5.54 Å². The molecular weight excluding hydrogens is 192 g/mol. The van der Waals surface area contributed by atoms with Crippen LogP contribution in [-0.2, 0) is 9.59 Å². The maximum absolute atomic E-state index is 12.1. The number of nitrogens with zero attached hydrogens (tertiary/aromatic N) is 1. The molecule has 1 heterocycles. The Labute approximate surface area is 90.8 Å². The number of primary amides is 1. The van der Waals surface area contributed by atoms with Gasteiger partial charge in [-0.25, -0.2) is 0 Å². The summed E-state index contributed by atoms with van der Waals surface area (Å²) >= 11 is 0. The lowest BCUT2D eigenvalue weighted by Crippen LogP contribution is -2.56. The van der Waals surface area contributed by atoms with Gasteiger partial charge < -0.3 is 10.6 Å². The van der Waals surface area contributed by atoms with Crippen LogP contribution in [0.5, 0.6) is 0 Å². The first-order valence-corrected chi connectivity index (χ1v) is 5.31. The minimum Gasteiger partial charge on any atom is -0.368 e. The molecular formula is C11H20N2O2. The first kappa shape index (κ1) is 12.0. The van der Waals surface area contributed by atoms with Crippen LogP contribution in [0.1, 0.15) is 40.5 Å². The van der Waals surface area contributed by atoms with Crippen molar-refractivity contribution in [2.75, 3.05) is 6.54 Å². The monoisotopic (exact) mass is 212 g/mol. The second-order valence-corrected chi connectivity index (χ2v) is 5.45. The number of rotatable bonds is 1. The van der Waals surface area contributed by atoms with E-state index in [9.17, 15) is 9.59 Å². The number of amides is 2. The Hall–Kier alpha value is -1.06. The van der Waals surface area contributed by atoms with E-state index in [1.165, 1.54) is 0 Å². The van der Waals surface area contributed by atoms with Crippen LogP contribution >= 0.6 is 0 Å². The Morgan fingerprint density at radius 3 is 2.27 bits per heavy atom. The molecule has 86 valence electrons. The SMILES string of the molecule is CC(C)(C)C(=O)N1CCC[C@@]1(C)C(N)=O. The summed E-state index contributed by atoms with van der Waals surface area (Å²) in [5.41, 5.74) is 4.13. The van der Waals surface area contributed by atoms with Crippen LogP contribution in [0.2, 0.25) is 0 Å². The van der Waals surface area contributed by atoms with Crippen LogP contribution in [-0.4, -0.2) is 28.8 Å². The molecule has 0 spiro atoms. The third kappa shape index (κ3) is 1.98. The van der Waals surface area contributed by atoms with E-state index >= 15 is 0 Å². The summed E-state index contributed by atoms with van der Waals surface area (Å²) in [7, 11) is 0. The molecule has 2 N–H and O–H groups in total. The molecule has 4 nitrogen and oxygen atoms in total. The summed E-state index contributed by atoms with van der Waals surface area (Å²) in [5.74, 6) is -0.404. The van der Waals surface area contributed by atoms with Crippen molar-refractivity contribution in [3.63, 3.8) is 0 Å². The van der Waals surface area contributed by atoms with E-state index in [-0.39, 0.29) is 5.91 Å². The fraction of sp³-hybridized carbons (Fsp3) is 0.818. The normalized spacial score (nSPS) is 26.8. The maximum atomic E-state index is 12.1. The average molecular weight is 212 g/mol. The van der Waals surface area contributed by atoms with Gasteiger partial charge in [0.05, 0.1) is 0 Å². The van der Waals surface area contributed by atoms with Crippen LogP contribution in [0.25, 0.3) is 0 Å². The van der Waals surface area contributed by atoms with E-state index in [0.717, 1.165) is 6.42 Å². The number of likely N-dealkylation sites (tertiary alicyclic amines) is 1. The number of hydrogen-bond acceptors (Lipinski definition) is 2. The summed E-state index contributed by atoms with van der Waals surface area (Å²) in [6.45, 7) is 7.96. The molecule has 1 rings (SSSR count). The van der Waals surface area contributed by atoms with Crippen LogP contribution in [0.3, 0.4) is 0 Å². The van der Waals surface area contributed by atoms with Gasteiger partial charge in [0, 0.05) is 12.0 Å². The van der Waals surface area contributed by atoms with Crippen LogP contribution in [0, 0.1) is 5.41 Å². The quantitative estimate of drug-likeness (QED) is 0.702. The highest BCUT2D eigenvalue weighted by molar-refractivity contribution is 5.92. The molecule has 15 heavy (non-hydrogen) atoms. The topological polar surface area (TPSA) is 63.4 Å². The third-order valence-electron chi connectivity index (χ3n) is 3.06. The second-order valence-electron chi connectivity index (χ2n) is 5.45. The minimum absolute atomic E-state index is 0.00120. The maximum Gasteiger partial charge on any atom is 0.243 e. The van der Waals surface area contributed by atoms with Crippen LogP contribution in [0.4, 0.5) is 0 Å². The molecule has 1 aliphatic heterocycles. The zero-order chi connectivity index (χ0) is 11.9. The molecule has 0 unspecified atom stereocenters. The lowest BCUT2D eigenvalue weighted by atomic mass is 9.91. The van der Waals surface area contributed by atoms with Crippen molar-refractivity contribution in [1.29, 1.82) is 0 Å². The highest BCUT2D eigenvalue weighted by Crippen LogP contribution is 2.32. The molecule has 1 fully saturated rings. The minimum atomic E-state index is -0.787. The first-order chi connectivity index (χ1) is 6.69. The highest BCUT2D eigenvalue weighted by atomic mass is 16.2. The molecule has 1 atom stereocenters. The Kier molecular flexibility index (Phi) is 2.81. The lowest BCUT2D eigenvalue weighted by Gasteiger charge is -2.36. The largest absolute Gasteiger partial charge is 0.368 e. The molecule has 1 saturated heterocycles. The summed E-state index contributed by atoms with van der Waals surface area (Å²) in [6, 6.07) is 0. The van der Waals surface area contributed by atoms with Crippen molar-refractivity contribution in [3.05, 3.63) is 0 Å². The Balaban J connectivity index is 2.96. The van der Waals surface area contributed by atoms with E-state index in [1.807, 2.05) is 20.8 Å². The number of carbonyl (C=O) groups excluding carboxylic acids is 2. The Morgan fingerprint density at radius 2 is 1.87 bits per heavy atom. The predicted molar refractivity (Wildman–Crippen MR) is 58.0 cm³/mol. The molecule has 0 saturated carbocycles. The van der Waals surface area contributed by atoms with Crippen molar-refractivity contribution in [2.45, 2.75) is 46.1 Å². The van der Waals surface area contributed by atoms with E-state index < -0.39 is 16.9 Å². The zero-order valence-electron chi connectivity index (χ0n) is 9.96. The average Bonchev–Trinajstić information content (AvgIpc) is 2.45. The smallest absolute Gasteiger partial charge is 0.243 e. The fourth-order valence-corrected chi connectivity index (χ4v) is 1.95. The van der Waals surface area contributed by atoms with E-state index in [1.54, 1.807) is 11.8 Å². The van der Waals surface area contributed by atoms with Crippen molar-refractivity contribution in [1.82, 2.24) is 4.90 Å². The zero-order valence-corrected chi connectivity index (χ0v) is 9.96. The van der Waals surface area contributed by atoms with Gasteiger partial charge >= 0.3 is 0 Å². The second kappa shape index (κ2) is 3.51. The fourth-order valence-electron chi connectivity index (χ4n) is 1.95. The summed E-state index contributed by atoms with van der Waals surface area (Å²) < 4.78 is 0. The van der Waals surface area contributed by atoms with Crippen LogP contribution < -0.4 is 5.73 Å². The molecule has 0 aromatic rings. The standard InChI is InChI=1S/C11H20N2O2/c1-10(2,3)9(15)13-7-5-6-11(13,4)8(12)14/h5-7H2,1-4H3,(H2,12,14)/t11-/m0/s1. The molecule has 1 aliphatic rings. The van der Waals surface area contributed by atoms with Gasteiger partial charge in [-0.3, -0.25) is 9.59 Å². The van der Waals surface area contributed by atoms with Gasteiger partial charge in [0.15, 0.2) is 0 Å². The first-order valence-electron chi connectivity index (χ1n) is 5.31. The molecule has 0 radical (unpaired) electrons. The summed E-state index contributed by atoms with van der Waals surface area (Å²) in [5, 5.41) is 0. The molecule has 0 aliphatic carbocycles. The van der Waals surface area contributed by atoms with E-state index in [0.29, 0.717) is 13.0 Å². The van der Waals surface area contributed by atoms with Gasteiger partial charge in [0.2, 0.25) is 11.8 Å². The number of carbonyl (C=O) groups is 2. The molecule has 0 bridgehead atoms. The number of nitrogens with two attached hydrogens (primary N) is 1.